The lowest BCUT2D eigenvalue weighted by molar-refractivity contribution is -0.140. The van der Waals surface area contributed by atoms with Gasteiger partial charge in [-0.1, -0.05) is 32.1 Å². The van der Waals surface area contributed by atoms with Crippen molar-refractivity contribution in [2.75, 3.05) is 6.61 Å². The molecule has 0 radical (unpaired) electrons. The van der Waals surface area contributed by atoms with E-state index < -0.39 is 0 Å². The highest BCUT2D eigenvalue weighted by atomic mass is 16.5. The van der Waals surface area contributed by atoms with Crippen molar-refractivity contribution in [3.8, 4) is 0 Å². The minimum Gasteiger partial charge on any atom is -0.461 e. The van der Waals surface area contributed by atoms with E-state index in [-0.39, 0.29) is 17.2 Å². The third-order valence-electron chi connectivity index (χ3n) is 3.37. The summed E-state index contributed by atoms with van der Waals surface area (Å²) in [6.45, 7) is 7.78. The van der Waals surface area contributed by atoms with Gasteiger partial charge in [0, 0.05) is 6.92 Å². The number of esters is 1. The van der Waals surface area contributed by atoms with E-state index >= 15 is 0 Å². The van der Waals surface area contributed by atoms with Gasteiger partial charge in [0.05, 0.1) is 0 Å². The lowest BCUT2D eigenvalue weighted by atomic mass is 9.87. The molecule has 0 fully saturated rings. The topological polar surface area (TPSA) is 43.4 Å². The zero-order chi connectivity index (χ0) is 15.2. The summed E-state index contributed by atoms with van der Waals surface area (Å²) in [5, 5.41) is 0. The summed E-state index contributed by atoms with van der Waals surface area (Å²) in [4.78, 5) is 22.8. The van der Waals surface area contributed by atoms with Gasteiger partial charge in [0.15, 0.2) is 5.78 Å². The fourth-order valence-corrected chi connectivity index (χ4v) is 1.91. The molecule has 110 valence electrons. The quantitative estimate of drug-likeness (QED) is 0.570. The number of ketones is 1. The molecule has 0 heterocycles. The number of carbonyl (C=O) groups is 2. The Morgan fingerprint density at radius 3 is 2.70 bits per heavy atom. The zero-order valence-corrected chi connectivity index (χ0v) is 12.9. The predicted octanol–water partition coefficient (Wildman–Crippen LogP) is 3.76. The maximum absolute atomic E-state index is 11.9. The Hall–Kier alpha value is -1.64. The van der Waals surface area contributed by atoms with E-state index in [1.165, 1.54) is 6.92 Å². The second-order valence-electron chi connectivity index (χ2n) is 5.96. The van der Waals surface area contributed by atoms with Gasteiger partial charge in [-0.3, -0.25) is 9.59 Å². The van der Waals surface area contributed by atoms with Crippen LogP contribution in [-0.4, -0.2) is 18.4 Å². The van der Waals surface area contributed by atoms with Gasteiger partial charge in [-0.05, 0) is 48.8 Å². The second-order valence-corrected chi connectivity index (χ2v) is 5.96. The standard InChI is InChI=1S/C17H24O3/c1-13-6-5-7-15(12-20-14(2)18)8-10-17(3,4)11-9-16(13)19/h6,8-9,11H,5,7,10,12H2,1-4H3/b11-9-,13-6-,15-8+. The van der Waals surface area contributed by atoms with Crippen LogP contribution in [0.2, 0.25) is 0 Å². The van der Waals surface area contributed by atoms with Crippen molar-refractivity contribution < 1.29 is 14.3 Å². The molecule has 0 N–H and O–H groups in total. The predicted molar refractivity (Wildman–Crippen MR) is 80.3 cm³/mol. The van der Waals surface area contributed by atoms with Crippen LogP contribution in [0.25, 0.3) is 0 Å². The molecule has 1 aliphatic rings. The molecule has 0 saturated carbocycles. The van der Waals surface area contributed by atoms with Gasteiger partial charge < -0.3 is 4.74 Å². The summed E-state index contributed by atoms with van der Waals surface area (Å²) in [6.07, 6.45) is 10.1. The van der Waals surface area contributed by atoms with Gasteiger partial charge in [0.1, 0.15) is 6.61 Å². The Labute approximate surface area is 121 Å². The molecule has 0 atom stereocenters. The van der Waals surface area contributed by atoms with Gasteiger partial charge in [-0.2, -0.15) is 0 Å². The van der Waals surface area contributed by atoms with E-state index in [2.05, 4.69) is 19.9 Å². The Balaban J connectivity index is 2.90. The maximum Gasteiger partial charge on any atom is 0.302 e. The first-order valence-electron chi connectivity index (χ1n) is 7.02. The molecule has 0 aliphatic heterocycles. The van der Waals surface area contributed by atoms with Crippen LogP contribution in [0.3, 0.4) is 0 Å². The van der Waals surface area contributed by atoms with Crippen LogP contribution in [0.4, 0.5) is 0 Å². The van der Waals surface area contributed by atoms with Gasteiger partial charge >= 0.3 is 5.97 Å². The number of rotatable bonds is 2. The van der Waals surface area contributed by atoms with Crippen LogP contribution < -0.4 is 0 Å². The zero-order valence-electron chi connectivity index (χ0n) is 12.9. The van der Waals surface area contributed by atoms with Crippen LogP contribution in [0, 0.1) is 5.41 Å². The lowest BCUT2D eigenvalue weighted by Crippen LogP contribution is -2.08. The third kappa shape index (κ3) is 6.00. The molecule has 0 spiro atoms. The Bertz CT molecular complexity index is 465. The first-order valence-corrected chi connectivity index (χ1v) is 7.02. The van der Waals surface area contributed by atoms with Crippen LogP contribution in [0.5, 0.6) is 0 Å². The molecular weight excluding hydrogens is 252 g/mol. The van der Waals surface area contributed by atoms with Crippen molar-refractivity contribution in [1.29, 1.82) is 0 Å². The number of ether oxygens (including phenoxy) is 1. The average Bonchev–Trinajstić information content (AvgIpc) is 2.39. The third-order valence-corrected chi connectivity index (χ3v) is 3.37. The molecule has 0 unspecified atom stereocenters. The number of carbonyl (C=O) groups excluding carboxylic acids is 2. The van der Waals surface area contributed by atoms with Crippen LogP contribution in [0.1, 0.15) is 47.0 Å². The average molecular weight is 276 g/mol. The molecular formula is C17H24O3. The largest absolute Gasteiger partial charge is 0.461 e. The molecule has 0 aromatic heterocycles. The van der Waals surface area contributed by atoms with Crippen molar-refractivity contribution in [3.05, 3.63) is 35.5 Å². The highest BCUT2D eigenvalue weighted by Gasteiger charge is 2.14. The summed E-state index contributed by atoms with van der Waals surface area (Å²) in [6, 6.07) is 0. The summed E-state index contributed by atoms with van der Waals surface area (Å²) in [5.41, 5.74) is 1.80. The van der Waals surface area contributed by atoms with Gasteiger partial charge in [-0.15, -0.1) is 0 Å². The summed E-state index contributed by atoms with van der Waals surface area (Å²) < 4.78 is 5.08. The number of hydrogen-bond donors (Lipinski definition) is 0. The Morgan fingerprint density at radius 2 is 2.05 bits per heavy atom. The van der Waals surface area contributed by atoms with Gasteiger partial charge in [-0.25, -0.2) is 0 Å². The molecule has 3 nitrogen and oxygen atoms in total. The second kappa shape index (κ2) is 7.22. The van der Waals surface area contributed by atoms with Crippen molar-refractivity contribution in [1.82, 2.24) is 0 Å². The minimum absolute atomic E-state index is 0.0708. The smallest absolute Gasteiger partial charge is 0.302 e. The van der Waals surface area contributed by atoms with Crippen LogP contribution in [0.15, 0.2) is 35.5 Å². The molecule has 20 heavy (non-hydrogen) atoms. The molecule has 1 rings (SSSR count). The van der Waals surface area contributed by atoms with E-state index in [9.17, 15) is 9.59 Å². The summed E-state index contributed by atoms with van der Waals surface area (Å²) in [7, 11) is 0. The lowest BCUT2D eigenvalue weighted by Gasteiger charge is -2.18. The molecule has 0 bridgehead atoms. The summed E-state index contributed by atoms with van der Waals surface area (Å²) >= 11 is 0. The first-order chi connectivity index (χ1) is 9.30. The van der Waals surface area contributed by atoms with E-state index in [4.69, 9.17) is 4.74 Å². The Morgan fingerprint density at radius 1 is 1.35 bits per heavy atom. The SMILES string of the molecule is CC(=O)OC/C1=C/CC(C)(C)/C=C\C(=O)/C(C)=C\CC1. The highest BCUT2D eigenvalue weighted by molar-refractivity contribution is 6.03. The van der Waals surface area contributed by atoms with E-state index in [1.807, 2.05) is 19.1 Å². The molecule has 1 aliphatic carbocycles. The summed E-state index contributed by atoms with van der Waals surface area (Å²) in [5.74, 6) is -0.192. The van der Waals surface area contributed by atoms with E-state index in [1.54, 1.807) is 6.08 Å². The molecule has 0 saturated heterocycles. The maximum atomic E-state index is 11.9. The number of allylic oxidation sites excluding steroid dienone is 5. The fraction of sp³-hybridized carbons (Fsp3) is 0.529. The Kier molecular flexibility index (Phi) is 5.93. The first kappa shape index (κ1) is 16.4. The van der Waals surface area contributed by atoms with Crippen molar-refractivity contribution in [3.63, 3.8) is 0 Å². The minimum atomic E-state index is -0.263. The van der Waals surface area contributed by atoms with Crippen LogP contribution >= 0.6 is 0 Å². The van der Waals surface area contributed by atoms with E-state index in [0.29, 0.717) is 6.61 Å². The normalized spacial score (nSPS) is 26.5. The van der Waals surface area contributed by atoms with Gasteiger partial charge in [0.25, 0.3) is 0 Å². The van der Waals surface area contributed by atoms with Gasteiger partial charge in [0.2, 0.25) is 0 Å². The molecule has 0 amide bonds. The molecule has 0 aromatic rings. The number of hydrogen-bond acceptors (Lipinski definition) is 3. The van der Waals surface area contributed by atoms with E-state index in [0.717, 1.165) is 30.4 Å². The highest BCUT2D eigenvalue weighted by Crippen LogP contribution is 2.25. The van der Waals surface area contributed by atoms with Crippen molar-refractivity contribution in [2.45, 2.75) is 47.0 Å². The van der Waals surface area contributed by atoms with Crippen molar-refractivity contribution in [2.24, 2.45) is 5.41 Å². The molecule has 3 heteroatoms. The van der Waals surface area contributed by atoms with Crippen molar-refractivity contribution >= 4 is 11.8 Å². The molecule has 0 aromatic carbocycles. The fourth-order valence-electron chi connectivity index (χ4n) is 1.91. The monoisotopic (exact) mass is 276 g/mol. The van der Waals surface area contributed by atoms with Crippen LogP contribution in [-0.2, 0) is 14.3 Å².